The summed E-state index contributed by atoms with van der Waals surface area (Å²) < 4.78 is 18.9. The fraction of sp³-hybridized carbons (Fsp3) is 0.421. The second kappa shape index (κ2) is 7.05. The van der Waals surface area contributed by atoms with Crippen LogP contribution < -0.4 is 10.2 Å². The quantitative estimate of drug-likeness (QED) is 0.580. The molecule has 6 nitrogen and oxygen atoms in total. The standard InChI is InChI=1S/C19H20ClFN4O2/c1-27-8-2-7-22-16-12(10-23-18(20)24-16)11-25-15-9-13(21)3-4-14(15)19(5-6-19)17(25)26/h3-4,9-10H,2,5-8,11H2,1H3,(H,22,23,24). The summed E-state index contributed by atoms with van der Waals surface area (Å²) in [5.41, 5.74) is 1.82. The summed E-state index contributed by atoms with van der Waals surface area (Å²) in [5, 5.41) is 3.35. The Bertz CT molecular complexity index is 888. The Labute approximate surface area is 161 Å². The van der Waals surface area contributed by atoms with Crippen LogP contribution in [0.5, 0.6) is 0 Å². The SMILES string of the molecule is COCCCNc1nc(Cl)ncc1CN1C(=O)C2(CC2)c2ccc(F)cc21. The number of methoxy groups -OCH3 is 1. The smallest absolute Gasteiger partial charge is 0.238 e. The molecule has 0 bridgehead atoms. The number of rotatable bonds is 7. The highest BCUT2D eigenvalue weighted by molar-refractivity contribution is 6.28. The van der Waals surface area contributed by atoms with E-state index in [1.807, 2.05) is 0 Å². The number of carbonyl (C=O) groups excluding carboxylic acids is 1. The van der Waals surface area contributed by atoms with Gasteiger partial charge in [-0.25, -0.2) is 14.4 Å². The molecule has 0 radical (unpaired) electrons. The Morgan fingerprint density at radius 2 is 2.22 bits per heavy atom. The van der Waals surface area contributed by atoms with Gasteiger partial charge in [0.1, 0.15) is 11.6 Å². The van der Waals surface area contributed by atoms with Gasteiger partial charge in [0.15, 0.2) is 0 Å². The molecular weight excluding hydrogens is 371 g/mol. The number of carbonyl (C=O) groups is 1. The molecule has 4 rings (SSSR count). The second-order valence-corrected chi connectivity index (χ2v) is 7.26. The number of benzene rings is 1. The third-order valence-electron chi connectivity index (χ3n) is 5.15. The molecule has 1 amide bonds. The van der Waals surface area contributed by atoms with Crippen molar-refractivity contribution in [2.75, 3.05) is 30.5 Å². The van der Waals surface area contributed by atoms with E-state index < -0.39 is 5.41 Å². The van der Waals surface area contributed by atoms with E-state index in [1.54, 1.807) is 24.3 Å². The van der Waals surface area contributed by atoms with Crippen LogP contribution in [-0.2, 0) is 21.5 Å². The van der Waals surface area contributed by atoms with E-state index >= 15 is 0 Å². The molecule has 2 heterocycles. The predicted octanol–water partition coefficient (Wildman–Crippen LogP) is 3.30. The normalized spacial score (nSPS) is 16.7. The third-order valence-corrected chi connectivity index (χ3v) is 5.33. The highest BCUT2D eigenvalue weighted by atomic mass is 35.5. The summed E-state index contributed by atoms with van der Waals surface area (Å²) in [6.45, 7) is 1.54. The molecule has 1 aliphatic carbocycles. The van der Waals surface area contributed by atoms with Crippen LogP contribution in [0.3, 0.4) is 0 Å². The molecule has 2 aliphatic rings. The van der Waals surface area contributed by atoms with Crippen LogP contribution in [0.15, 0.2) is 24.4 Å². The van der Waals surface area contributed by atoms with Crippen molar-refractivity contribution in [2.45, 2.75) is 31.2 Å². The molecule has 0 atom stereocenters. The van der Waals surface area contributed by atoms with Gasteiger partial charge >= 0.3 is 0 Å². The van der Waals surface area contributed by atoms with Gasteiger partial charge in [0, 0.05) is 32.0 Å². The van der Waals surface area contributed by atoms with Crippen molar-refractivity contribution in [3.8, 4) is 0 Å². The lowest BCUT2D eigenvalue weighted by atomic mass is 9.98. The fourth-order valence-corrected chi connectivity index (χ4v) is 3.76. The number of nitrogens with one attached hydrogen (secondary N) is 1. The first-order valence-corrected chi connectivity index (χ1v) is 9.29. The third kappa shape index (κ3) is 3.26. The molecule has 142 valence electrons. The molecule has 1 aromatic heterocycles. The zero-order valence-electron chi connectivity index (χ0n) is 15.0. The number of amides is 1. The number of nitrogens with zero attached hydrogens (tertiary/aromatic N) is 3. The van der Waals surface area contributed by atoms with Crippen molar-refractivity contribution < 1.29 is 13.9 Å². The summed E-state index contributed by atoms with van der Waals surface area (Å²) in [6, 6.07) is 4.59. The summed E-state index contributed by atoms with van der Waals surface area (Å²) >= 11 is 5.94. The summed E-state index contributed by atoms with van der Waals surface area (Å²) in [4.78, 5) is 23.0. The van der Waals surface area contributed by atoms with Crippen molar-refractivity contribution in [2.24, 2.45) is 0 Å². The predicted molar refractivity (Wildman–Crippen MR) is 101 cm³/mol. The van der Waals surface area contributed by atoms with Crippen molar-refractivity contribution >= 4 is 29.0 Å². The molecule has 1 aromatic carbocycles. The molecule has 0 saturated heterocycles. The topological polar surface area (TPSA) is 67.3 Å². The van der Waals surface area contributed by atoms with Crippen LogP contribution in [-0.4, -0.2) is 36.1 Å². The first kappa shape index (κ1) is 18.1. The van der Waals surface area contributed by atoms with Crippen molar-refractivity contribution in [3.05, 3.63) is 46.6 Å². The van der Waals surface area contributed by atoms with Crippen LogP contribution in [0, 0.1) is 5.82 Å². The van der Waals surface area contributed by atoms with Crippen LogP contribution in [0.25, 0.3) is 0 Å². The van der Waals surface area contributed by atoms with Gasteiger partial charge in [0.2, 0.25) is 11.2 Å². The van der Waals surface area contributed by atoms with Gasteiger partial charge in [-0.3, -0.25) is 4.79 Å². The van der Waals surface area contributed by atoms with Crippen LogP contribution in [0.1, 0.15) is 30.4 Å². The number of fused-ring (bicyclic) bond motifs is 2. The maximum Gasteiger partial charge on any atom is 0.238 e. The van der Waals surface area contributed by atoms with Crippen molar-refractivity contribution in [3.63, 3.8) is 0 Å². The minimum atomic E-state index is -0.470. The van der Waals surface area contributed by atoms with Gasteiger partial charge in [-0.1, -0.05) is 6.07 Å². The Morgan fingerprint density at radius 1 is 1.41 bits per heavy atom. The van der Waals surface area contributed by atoms with Gasteiger partial charge in [-0.2, -0.15) is 0 Å². The van der Waals surface area contributed by atoms with Crippen molar-refractivity contribution in [1.29, 1.82) is 0 Å². The van der Waals surface area contributed by atoms with Gasteiger partial charge in [-0.15, -0.1) is 0 Å². The summed E-state index contributed by atoms with van der Waals surface area (Å²) in [7, 11) is 1.65. The first-order chi connectivity index (χ1) is 13.0. The largest absolute Gasteiger partial charge is 0.385 e. The Balaban J connectivity index is 1.61. The molecular formula is C19H20ClFN4O2. The Kier molecular flexibility index (Phi) is 4.74. The van der Waals surface area contributed by atoms with E-state index in [2.05, 4.69) is 15.3 Å². The molecule has 1 spiro atoms. The average molecular weight is 391 g/mol. The lowest BCUT2D eigenvalue weighted by Crippen LogP contribution is -2.32. The maximum atomic E-state index is 13.8. The van der Waals surface area contributed by atoms with E-state index in [1.165, 1.54) is 12.1 Å². The number of halogens is 2. The maximum absolute atomic E-state index is 13.8. The van der Waals surface area contributed by atoms with Crippen LogP contribution in [0.4, 0.5) is 15.9 Å². The summed E-state index contributed by atoms with van der Waals surface area (Å²) in [5.74, 6) is 0.242. The number of aromatic nitrogens is 2. The van der Waals surface area contributed by atoms with Crippen LogP contribution >= 0.6 is 11.6 Å². The van der Waals surface area contributed by atoms with Gasteiger partial charge < -0.3 is 15.0 Å². The number of anilines is 2. The molecule has 0 unspecified atom stereocenters. The molecule has 1 N–H and O–H groups in total. The van der Waals surface area contributed by atoms with E-state index in [9.17, 15) is 9.18 Å². The minimum Gasteiger partial charge on any atom is -0.385 e. The number of hydrogen-bond acceptors (Lipinski definition) is 5. The van der Waals surface area contributed by atoms with Crippen LogP contribution in [0.2, 0.25) is 5.28 Å². The zero-order valence-corrected chi connectivity index (χ0v) is 15.7. The zero-order chi connectivity index (χ0) is 19.0. The van der Waals surface area contributed by atoms with E-state index in [-0.39, 0.29) is 23.6 Å². The number of hydrogen-bond donors (Lipinski definition) is 1. The van der Waals surface area contributed by atoms with Gasteiger partial charge in [-0.05, 0) is 48.6 Å². The van der Waals surface area contributed by atoms with Gasteiger partial charge in [0.25, 0.3) is 0 Å². The van der Waals surface area contributed by atoms with Crippen molar-refractivity contribution in [1.82, 2.24) is 9.97 Å². The number of ether oxygens (including phenoxy) is 1. The minimum absolute atomic E-state index is 0.0170. The van der Waals surface area contributed by atoms with E-state index in [4.69, 9.17) is 16.3 Å². The first-order valence-electron chi connectivity index (χ1n) is 8.91. The Morgan fingerprint density at radius 3 is 2.96 bits per heavy atom. The Hall–Kier alpha value is -2.25. The molecule has 1 aliphatic heterocycles. The molecule has 1 saturated carbocycles. The average Bonchev–Trinajstić information content (AvgIpc) is 3.42. The lowest BCUT2D eigenvalue weighted by molar-refractivity contribution is -0.120. The fourth-order valence-electron chi connectivity index (χ4n) is 3.63. The molecule has 1 fully saturated rings. The van der Waals surface area contributed by atoms with E-state index in [0.717, 1.165) is 30.4 Å². The molecule has 27 heavy (non-hydrogen) atoms. The molecule has 2 aromatic rings. The lowest BCUT2D eigenvalue weighted by Gasteiger charge is -2.20. The van der Waals surface area contributed by atoms with E-state index in [0.29, 0.717) is 24.7 Å². The van der Waals surface area contributed by atoms with Gasteiger partial charge in [0.05, 0.1) is 17.6 Å². The monoisotopic (exact) mass is 390 g/mol. The highest BCUT2D eigenvalue weighted by Crippen LogP contribution is 2.57. The molecule has 8 heteroatoms. The second-order valence-electron chi connectivity index (χ2n) is 6.92. The summed E-state index contributed by atoms with van der Waals surface area (Å²) in [6.07, 6.45) is 4.02. The highest BCUT2D eigenvalue weighted by Gasteiger charge is 2.59.